The van der Waals surface area contributed by atoms with Crippen LogP contribution in [0.25, 0.3) is 0 Å². The molecule has 0 radical (unpaired) electrons. The van der Waals surface area contributed by atoms with Crippen molar-refractivity contribution in [3.8, 4) is 0 Å². The Hall–Kier alpha value is -2.11. The second-order valence-electron chi connectivity index (χ2n) is 3.95. The molecule has 17 heavy (non-hydrogen) atoms. The number of nitrogens with one attached hydrogen (secondary N) is 1. The van der Waals surface area contributed by atoms with Crippen LogP contribution < -0.4 is 5.32 Å². The Labute approximate surface area is 98.6 Å². The van der Waals surface area contributed by atoms with Crippen molar-refractivity contribution in [2.24, 2.45) is 7.05 Å². The number of carbonyl (C=O) groups is 1. The van der Waals surface area contributed by atoms with Gasteiger partial charge in [-0.3, -0.25) is 9.48 Å². The molecule has 90 valence electrons. The third-order valence-electron chi connectivity index (χ3n) is 2.34. The molecule has 0 unspecified atom stereocenters. The van der Waals surface area contributed by atoms with Crippen molar-refractivity contribution in [3.63, 3.8) is 0 Å². The van der Waals surface area contributed by atoms with Gasteiger partial charge in [-0.15, -0.1) is 0 Å². The number of amides is 1. The van der Waals surface area contributed by atoms with Gasteiger partial charge in [0.15, 0.2) is 5.82 Å². The van der Waals surface area contributed by atoms with Gasteiger partial charge in [0.05, 0.1) is 12.1 Å². The van der Waals surface area contributed by atoms with Gasteiger partial charge in [-0.05, 0) is 19.9 Å². The monoisotopic (exact) mass is 234 g/mol. The molecule has 0 atom stereocenters. The largest absolute Gasteiger partial charge is 0.360 e. The maximum atomic E-state index is 11.7. The molecule has 0 saturated carbocycles. The van der Waals surface area contributed by atoms with Crippen LogP contribution >= 0.6 is 0 Å². The topological polar surface area (TPSA) is 73.0 Å². The average Bonchev–Trinajstić information content (AvgIpc) is 2.74. The maximum Gasteiger partial charge on any atom is 0.231 e. The van der Waals surface area contributed by atoms with Crippen molar-refractivity contribution in [1.82, 2.24) is 14.9 Å². The summed E-state index contributed by atoms with van der Waals surface area (Å²) in [5, 5.41) is 10.5. The lowest BCUT2D eigenvalue weighted by molar-refractivity contribution is -0.115. The summed E-state index contributed by atoms with van der Waals surface area (Å²) in [6, 6.07) is 3.56. The van der Waals surface area contributed by atoms with Gasteiger partial charge in [0.2, 0.25) is 5.91 Å². The summed E-state index contributed by atoms with van der Waals surface area (Å²) < 4.78 is 6.56. The first-order valence-electron chi connectivity index (χ1n) is 5.27. The molecule has 0 aliphatic carbocycles. The van der Waals surface area contributed by atoms with Gasteiger partial charge in [-0.25, -0.2) is 0 Å². The summed E-state index contributed by atoms with van der Waals surface area (Å²) in [6.07, 6.45) is 0.267. The van der Waals surface area contributed by atoms with Crippen LogP contribution in [0.5, 0.6) is 0 Å². The van der Waals surface area contributed by atoms with Crippen LogP contribution in [0, 0.1) is 13.8 Å². The van der Waals surface area contributed by atoms with E-state index in [1.54, 1.807) is 17.7 Å². The molecule has 1 amide bonds. The van der Waals surface area contributed by atoms with Crippen molar-refractivity contribution in [2.45, 2.75) is 20.3 Å². The Morgan fingerprint density at radius 3 is 2.76 bits per heavy atom. The highest BCUT2D eigenvalue weighted by atomic mass is 16.5. The van der Waals surface area contributed by atoms with E-state index >= 15 is 0 Å². The van der Waals surface area contributed by atoms with Gasteiger partial charge < -0.3 is 9.84 Å². The Kier molecular flexibility index (Phi) is 2.95. The van der Waals surface area contributed by atoms with Crippen LogP contribution in [0.3, 0.4) is 0 Å². The Morgan fingerprint density at radius 2 is 2.24 bits per heavy atom. The van der Waals surface area contributed by atoms with Crippen molar-refractivity contribution >= 4 is 11.7 Å². The molecular formula is C11H14N4O2. The smallest absolute Gasteiger partial charge is 0.231 e. The lowest BCUT2D eigenvalue weighted by atomic mass is 10.2. The molecule has 0 spiro atoms. The van der Waals surface area contributed by atoms with Gasteiger partial charge in [-0.1, -0.05) is 5.16 Å². The molecule has 6 nitrogen and oxygen atoms in total. The second-order valence-corrected chi connectivity index (χ2v) is 3.95. The van der Waals surface area contributed by atoms with Gasteiger partial charge in [-0.2, -0.15) is 5.10 Å². The third kappa shape index (κ3) is 2.72. The number of carbonyl (C=O) groups excluding carboxylic acids is 1. The van der Waals surface area contributed by atoms with Crippen LogP contribution in [-0.4, -0.2) is 20.8 Å². The fraction of sp³-hybridized carbons (Fsp3) is 0.364. The SMILES string of the molecule is Cc1cc(CC(=O)Nc2cc(C)on2)n(C)n1. The molecule has 2 rings (SSSR count). The molecule has 0 saturated heterocycles. The first kappa shape index (κ1) is 11.4. The number of aryl methyl sites for hydroxylation is 3. The van der Waals surface area contributed by atoms with Gasteiger partial charge in [0.1, 0.15) is 5.76 Å². The Bertz CT molecular complexity index is 541. The van der Waals surface area contributed by atoms with Gasteiger partial charge >= 0.3 is 0 Å². The normalized spacial score (nSPS) is 10.5. The molecule has 2 aromatic heterocycles. The lowest BCUT2D eigenvalue weighted by Gasteiger charge is -2.01. The highest BCUT2D eigenvalue weighted by molar-refractivity contribution is 5.91. The Balaban J connectivity index is 2.00. The summed E-state index contributed by atoms with van der Waals surface area (Å²) in [6.45, 7) is 3.66. The number of rotatable bonds is 3. The first-order chi connectivity index (χ1) is 8.04. The van der Waals surface area contributed by atoms with E-state index in [1.807, 2.05) is 20.0 Å². The van der Waals surface area contributed by atoms with E-state index in [1.165, 1.54) is 0 Å². The quantitative estimate of drug-likeness (QED) is 0.866. The molecule has 1 N–H and O–H groups in total. The minimum atomic E-state index is -0.138. The molecule has 0 fully saturated rings. The van der Waals surface area contributed by atoms with Crippen molar-refractivity contribution in [3.05, 3.63) is 29.3 Å². The second kappa shape index (κ2) is 4.40. The van der Waals surface area contributed by atoms with E-state index in [2.05, 4.69) is 15.6 Å². The van der Waals surface area contributed by atoms with Crippen molar-refractivity contribution in [1.29, 1.82) is 0 Å². The predicted molar refractivity (Wildman–Crippen MR) is 61.5 cm³/mol. The standard InChI is InChI=1S/C11H14N4O2/c1-7-4-9(15(3)13-7)6-11(16)12-10-5-8(2)17-14-10/h4-5H,6H2,1-3H3,(H,12,14,16). The number of anilines is 1. The molecule has 0 aliphatic heterocycles. The fourth-order valence-electron chi connectivity index (χ4n) is 1.61. The minimum absolute atomic E-state index is 0.138. The molecular weight excluding hydrogens is 220 g/mol. The zero-order valence-corrected chi connectivity index (χ0v) is 10.0. The van der Waals surface area contributed by atoms with Crippen LogP contribution in [0.2, 0.25) is 0 Å². The van der Waals surface area contributed by atoms with Crippen LogP contribution in [0.1, 0.15) is 17.1 Å². The van der Waals surface area contributed by atoms with Gasteiger partial charge in [0, 0.05) is 18.8 Å². The number of hydrogen-bond acceptors (Lipinski definition) is 4. The van der Waals surface area contributed by atoms with Crippen molar-refractivity contribution < 1.29 is 9.32 Å². The summed E-state index contributed by atoms with van der Waals surface area (Å²) in [7, 11) is 1.82. The molecule has 2 aromatic rings. The summed E-state index contributed by atoms with van der Waals surface area (Å²) >= 11 is 0. The number of hydrogen-bond donors (Lipinski definition) is 1. The molecule has 0 aliphatic rings. The van der Waals surface area contributed by atoms with Crippen LogP contribution in [-0.2, 0) is 18.3 Å². The van der Waals surface area contributed by atoms with E-state index in [9.17, 15) is 4.79 Å². The lowest BCUT2D eigenvalue weighted by Crippen LogP contribution is -2.16. The molecule has 6 heteroatoms. The number of aromatic nitrogens is 3. The first-order valence-corrected chi connectivity index (χ1v) is 5.27. The third-order valence-corrected chi connectivity index (χ3v) is 2.34. The van der Waals surface area contributed by atoms with E-state index in [-0.39, 0.29) is 12.3 Å². The fourth-order valence-corrected chi connectivity index (χ4v) is 1.61. The molecule has 2 heterocycles. The van der Waals surface area contributed by atoms with Crippen LogP contribution in [0.15, 0.2) is 16.7 Å². The van der Waals surface area contributed by atoms with E-state index in [0.717, 1.165) is 11.4 Å². The van der Waals surface area contributed by atoms with Gasteiger partial charge in [0.25, 0.3) is 0 Å². The minimum Gasteiger partial charge on any atom is -0.360 e. The van der Waals surface area contributed by atoms with E-state index in [0.29, 0.717) is 11.6 Å². The van der Waals surface area contributed by atoms with E-state index in [4.69, 9.17) is 4.52 Å². The molecule has 0 bridgehead atoms. The van der Waals surface area contributed by atoms with Crippen molar-refractivity contribution in [2.75, 3.05) is 5.32 Å². The zero-order valence-electron chi connectivity index (χ0n) is 10.0. The summed E-state index contributed by atoms with van der Waals surface area (Å²) in [5.41, 5.74) is 1.76. The predicted octanol–water partition coefficient (Wildman–Crippen LogP) is 1.21. The maximum absolute atomic E-state index is 11.7. The summed E-state index contributed by atoms with van der Waals surface area (Å²) in [4.78, 5) is 11.7. The highest BCUT2D eigenvalue weighted by Gasteiger charge is 2.10. The summed E-state index contributed by atoms with van der Waals surface area (Å²) in [5.74, 6) is 0.962. The average molecular weight is 234 g/mol. The Morgan fingerprint density at radius 1 is 1.47 bits per heavy atom. The van der Waals surface area contributed by atoms with E-state index < -0.39 is 0 Å². The highest BCUT2D eigenvalue weighted by Crippen LogP contribution is 2.08. The molecule has 0 aromatic carbocycles. The zero-order chi connectivity index (χ0) is 12.4. The number of nitrogens with zero attached hydrogens (tertiary/aromatic N) is 3. The van der Waals surface area contributed by atoms with Crippen LogP contribution in [0.4, 0.5) is 5.82 Å².